The van der Waals surface area contributed by atoms with Gasteiger partial charge in [-0.25, -0.2) is 4.79 Å². The minimum atomic E-state index is -0.152. The van der Waals surface area contributed by atoms with E-state index in [1.807, 2.05) is 23.9 Å². The smallest absolute Gasteiger partial charge is 0.314 e. The van der Waals surface area contributed by atoms with E-state index in [4.69, 9.17) is 0 Å². The fourth-order valence-electron chi connectivity index (χ4n) is 1.23. The average molecular weight is 238 g/mol. The molecule has 88 valence electrons. The fourth-order valence-corrected chi connectivity index (χ4v) is 2.07. The molecule has 0 radical (unpaired) electrons. The Labute approximate surface area is 101 Å². The van der Waals surface area contributed by atoms with Gasteiger partial charge < -0.3 is 10.6 Å². The fraction of sp³-hybridized carbons (Fsp3) is 0.417. The molecule has 16 heavy (non-hydrogen) atoms. The number of urea groups is 1. The van der Waals surface area contributed by atoms with Gasteiger partial charge in [-0.05, 0) is 17.7 Å². The predicted octanol–water partition coefficient (Wildman–Crippen LogP) is 2.62. The number of hydrogen-bond donors (Lipinski definition) is 2. The van der Waals surface area contributed by atoms with E-state index in [-0.39, 0.29) is 6.03 Å². The Morgan fingerprint density at radius 3 is 2.44 bits per heavy atom. The lowest BCUT2D eigenvalue weighted by Gasteiger charge is -2.07. The highest BCUT2D eigenvalue weighted by atomic mass is 32.2. The number of hydrogen-bond acceptors (Lipinski definition) is 2. The first-order valence-corrected chi connectivity index (χ1v) is 6.21. The first-order valence-electron chi connectivity index (χ1n) is 5.33. The molecule has 0 saturated carbocycles. The number of thioether (sulfide) groups is 1. The number of carbonyl (C=O) groups is 1. The number of nitrogens with one attached hydrogen (secondary N) is 2. The van der Waals surface area contributed by atoms with Crippen LogP contribution in [0.15, 0.2) is 29.2 Å². The Kier molecular flexibility index (Phi) is 5.19. The quantitative estimate of drug-likeness (QED) is 0.792. The lowest BCUT2D eigenvalue weighted by molar-refractivity contribution is 0.242. The van der Waals surface area contributed by atoms with E-state index in [1.54, 1.807) is 7.05 Å². The van der Waals surface area contributed by atoms with Crippen molar-refractivity contribution in [2.45, 2.75) is 30.5 Å². The molecule has 2 amide bonds. The zero-order chi connectivity index (χ0) is 12.0. The molecule has 3 nitrogen and oxygen atoms in total. The van der Waals surface area contributed by atoms with E-state index in [0.29, 0.717) is 11.8 Å². The highest BCUT2D eigenvalue weighted by molar-refractivity contribution is 7.99. The summed E-state index contributed by atoms with van der Waals surface area (Å²) < 4.78 is 0. The Morgan fingerprint density at radius 1 is 1.31 bits per heavy atom. The van der Waals surface area contributed by atoms with Gasteiger partial charge in [0.05, 0.1) is 0 Å². The van der Waals surface area contributed by atoms with E-state index in [9.17, 15) is 4.79 Å². The van der Waals surface area contributed by atoms with Gasteiger partial charge in [-0.2, -0.15) is 0 Å². The van der Waals surface area contributed by atoms with Crippen LogP contribution in [0.5, 0.6) is 0 Å². The van der Waals surface area contributed by atoms with Gasteiger partial charge in [0.15, 0.2) is 0 Å². The molecule has 0 unspecified atom stereocenters. The summed E-state index contributed by atoms with van der Waals surface area (Å²) in [7, 11) is 1.61. The predicted molar refractivity (Wildman–Crippen MR) is 68.7 cm³/mol. The Hall–Kier alpha value is -1.16. The molecule has 0 aliphatic heterocycles. The van der Waals surface area contributed by atoms with Crippen LogP contribution in [0.1, 0.15) is 19.4 Å². The molecule has 0 aromatic heterocycles. The standard InChI is InChI=1S/C12H18N2OS/c1-9(2)16-11-6-4-10(5-7-11)8-14-12(15)13-3/h4-7,9H,8H2,1-3H3,(H2,13,14,15). The molecular weight excluding hydrogens is 220 g/mol. The van der Waals surface area contributed by atoms with E-state index in [0.717, 1.165) is 5.56 Å². The molecule has 0 atom stereocenters. The third-order valence-electron chi connectivity index (χ3n) is 1.98. The van der Waals surface area contributed by atoms with Gasteiger partial charge in [-0.15, -0.1) is 11.8 Å². The normalized spacial score (nSPS) is 10.2. The molecule has 1 aromatic rings. The zero-order valence-corrected chi connectivity index (χ0v) is 10.7. The molecule has 0 fully saturated rings. The summed E-state index contributed by atoms with van der Waals surface area (Å²) in [6, 6.07) is 8.11. The van der Waals surface area contributed by atoms with Crippen LogP contribution in [0.2, 0.25) is 0 Å². The number of rotatable bonds is 4. The van der Waals surface area contributed by atoms with Crippen LogP contribution in [-0.2, 0) is 6.54 Å². The van der Waals surface area contributed by atoms with Crippen molar-refractivity contribution in [1.82, 2.24) is 10.6 Å². The van der Waals surface area contributed by atoms with Gasteiger partial charge in [-0.1, -0.05) is 26.0 Å². The maximum absolute atomic E-state index is 11.0. The molecular formula is C12H18N2OS. The molecule has 2 N–H and O–H groups in total. The van der Waals surface area contributed by atoms with Crippen LogP contribution in [0.3, 0.4) is 0 Å². The monoisotopic (exact) mass is 238 g/mol. The zero-order valence-electron chi connectivity index (χ0n) is 9.91. The maximum Gasteiger partial charge on any atom is 0.314 e. The van der Waals surface area contributed by atoms with E-state index in [2.05, 4.69) is 36.6 Å². The highest BCUT2D eigenvalue weighted by Crippen LogP contribution is 2.22. The van der Waals surface area contributed by atoms with Crippen LogP contribution in [0.4, 0.5) is 4.79 Å². The summed E-state index contributed by atoms with van der Waals surface area (Å²) in [5.74, 6) is 0. The van der Waals surface area contributed by atoms with E-state index < -0.39 is 0 Å². The van der Waals surface area contributed by atoms with Gasteiger partial charge in [0.25, 0.3) is 0 Å². The number of carbonyl (C=O) groups excluding carboxylic acids is 1. The first kappa shape index (κ1) is 12.9. The minimum Gasteiger partial charge on any atom is -0.341 e. The molecule has 0 spiro atoms. The molecule has 1 aromatic carbocycles. The van der Waals surface area contributed by atoms with Gasteiger partial charge in [-0.3, -0.25) is 0 Å². The Morgan fingerprint density at radius 2 is 1.94 bits per heavy atom. The van der Waals surface area contributed by atoms with Crippen LogP contribution in [-0.4, -0.2) is 18.3 Å². The number of amides is 2. The van der Waals surface area contributed by atoms with Gasteiger partial charge in [0, 0.05) is 23.7 Å². The van der Waals surface area contributed by atoms with Crippen molar-refractivity contribution in [3.05, 3.63) is 29.8 Å². The van der Waals surface area contributed by atoms with Crippen LogP contribution in [0, 0.1) is 0 Å². The van der Waals surface area contributed by atoms with Crippen molar-refractivity contribution in [1.29, 1.82) is 0 Å². The molecule has 0 heterocycles. The second kappa shape index (κ2) is 6.43. The molecule has 0 saturated heterocycles. The summed E-state index contributed by atoms with van der Waals surface area (Å²) in [6.45, 7) is 4.91. The highest BCUT2D eigenvalue weighted by Gasteiger charge is 2.00. The van der Waals surface area contributed by atoms with Crippen LogP contribution < -0.4 is 10.6 Å². The van der Waals surface area contributed by atoms with E-state index >= 15 is 0 Å². The van der Waals surface area contributed by atoms with Crippen molar-refractivity contribution in [3.63, 3.8) is 0 Å². The third-order valence-corrected chi connectivity index (χ3v) is 2.99. The maximum atomic E-state index is 11.0. The molecule has 0 aliphatic carbocycles. The van der Waals surface area contributed by atoms with Gasteiger partial charge in [0.2, 0.25) is 0 Å². The summed E-state index contributed by atoms with van der Waals surface area (Å²) in [6.07, 6.45) is 0. The largest absolute Gasteiger partial charge is 0.341 e. The summed E-state index contributed by atoms with van der Waals surface area (Å²) in [4.78, 5) is 12.2. The van der Waals surface area contributed by atoms with Gasteiger partial charge >= 0.3 is 6.03 Å². The second-order valence-corrected chi connectivity index (χ2v) is 5.39. The summed E-state index contributed by atoms with van der Waals surface area (Å²) in [5, 5.41) is 5.86. The lowest BCUT2D eigenvalue weighted by atomic mass is 10.2. The second-order valence-electron chi connectivity index (χ2n) is 3.74. The van der Waals surface area contributed by atoms with Crippen molar-refractivity contribution in [2.24, 2.45) is 0 Å². The van der Waals surface area contributed by atoms with Crippen LogP contribution in [0.25, 0.3) is 0 Å². The summed E-state index contributed by atoms with van der Waals surface area (Å²) >= 11 is 1.84. The molecule has 1 rings (SSSR count). The third kappa shape index (κ3) is 4.57. The summed E-state index contributed by atoms with van der Waals surface area (Å²) in [5.41, 5.74) is 1.11. The van der Waals surface area contributed by atoms with Gasteiger partial charge in [0.1, 0.15) is 0 Å². The first-order chi connectivity index (χ1) is 7.61. The van der Waals surface area contributed by atoms with E-state index in [1.165, 1.54) is 4.90 Å². The number of benzene rings is 1. The van der Waals surface area contributed by atoms with Crippen molar-refractivity contribution in [3.8, 4) is 0 Å². The topological polar surface area (TPSA) is 41.1 Å². The molecule has 0 bridgehead atoms. The van der Waals surface area contributed by atoms with Crippen LogP contribution >= 0.6 is 11.8 Å². The minimum absolute atomic E-state index is 0.152. The lowest BCUT2D eigenvalue weighted by Crippen LogP contribution is -2.32. The Balaban J connectivity index is 2.48. The van der Waals surface area contributed by atoms with Crippen molar-refractivity contribution >= 4 is 17.8 Å². The molecule has 0 aliphatic rings. The Bertz CT molecular complexity index is 335. The van der Waals surface area contributed by atoms with Crippen molar-refractivity contribution < 1.29 is 4.79 Å². The van der Waals surface area contributed by atoms with Crippen molar-refractivity contribution in [2.75, 3.05) is 7.05 Å². The average Bonchev–Trinajstić information content (AvgIpc) is 2.27. The molecule has 4 heteroatoms. The SMILES string of the molecule is CNC(=O)NCc1ccc(SC(C)C)cc1.